The summed E-state index contributed by atoms with van der Waals surface area (Å²) in [5, 5.41) is 13.8. The van der Waals surface area contributed by atoms with Crippen LogP contribution >= 0.6 is 0 Å². The molecule has 1 aliphatic heterocycles. The van der Waals surface area contributed by atoms with E-state index in [9.17, 15) is 27.6 Å². The highest BCUT2D eigenvalue weighted by Gasteiger charge is 2.40. The van der Waals surface area contributed by atoms with E-state index in [2.05, 4.69) is 35.7 Å². The largest absolute Gasteiger partial charge is 0.490 e. The fraction of sp³-hybridized carbons (Fsp3) is 0.296. The smallest absolute Gasteiger partial charge is 0.488 e. The molecule has 4 aromatic rings. The molecule has 0 aromatic carbocycles. The quantitative estimate of drug-likeness (QED) is 0.179. The summed E-state index contributed by atoms with van der Waals surface area (Å²) in [6, 6.07) is 10.5. The van der Waals surface area contributed by atoms with Gasteiger partial charge in [0, 0.05) is 50.0 Å². The van der Waals surface area contributed by atoms with Crippen LogP contribution in [0.2, 0.25) is 0 Å². The van der Waals surface area contributed by atoms with Gasteiger partial charge in [0.25, 0.3) is 0 Å². The maximum Gasteiger partial charge on any atom is 0.490 e. The van der Waals surface area contributed by atoms with Crippen LogP contribution in [0.3, 0.4) is 0 Å². The predicted octanol–water partition coefficient (Wildman–Crippen LogP) is 3.61. The first kappa shape index (κ1) is 27.8. The summed E-state index contributed by atoms with van der Waals surface area (Å²) in [5.41, 5.74) is 2.89. The van der Waals surface area contributed by atoms with Gasteiger partial charge >= 0.3 is 12.1 Å². The third-order valence-corrected chi connectivity index (χ3v) is 6.45. The molecule has 0 aliphatic carbocycles. The number of pyridine rings is 3. The molecule has 1 saturated heterocycles. The third kappa shape index (κ3) is 6.52. The first-order chi connectivity index (χ1) is 19.7. The number of carbonyl (C=O) groups excluding carboxylic acids is 1. The number of rotatable bonds is 8. The van der Waals surface area contributed by atoms with Crippen molar-refractivity contribution < 1.29 is 31.8 Å². The molecule has 5 rings (SSSR count). The van der Waals surface area contributed by atoms with Gasteiger partial charge in [-0.05, 0) is 30.3 Å². The van der Waals surface area contributed by atoms with Crippen molar-refractivity contribution >= 4 is 17.3 Å². The van der Waals surface area contributed by atoms with E-state index < -0.39 is 18.8 Å². The van der Waals surface area contributed by atoms with E-state index in [1.165, 1.54) is 29.2 Å². The minimum absolute atomic E-state index is 0.249. The highest BCUT2D eigenvalue weighted by atomic mass is 19.4. The molecule has 0 atom stereocenters. The molecule has 4 aromatic heterocycles. The van der Waals surface area contributed by atoms with E-state index in [1.807, 2.05) is 12.1 Å². The second kappa shape index (κ2) is 11.8. The van der Waals surface area contributed by atoms with Crippen LogP contribution in [0.4, 0.5) is 23.4 Å². The normalized spacial score (nSPS) is 14.2. The molecule has 0 bridgehead atoms. The zero-order valence-corrected chi connectivity index (χ0v) is 21.5. The second-order valence-electron chi connectivity index (χ2n) is 9.17. The van der Waals surface area contributed by atoms with Gasteiger partial charge in [-0.2, -0.15) is 23.5 Å². The molecule has 212 valence electrons. The molecule has 0 unspecified atom stereocenters. The summed E-state index contributed by atoms with van der Waals surface area (Å²) < 4.78 is 61.2. The lowest BCUT2D eigenvalue weighted by Crippen LogP contribution is -2.46. The number of aromatic nitrogens is 4. The Labute approximate surface area is 231 Å². The van der Waals surface area contributed by atoms with Crippen molar-refractivity contribution in [1.82, 2.24) is 24.5 Å². The number of piperazine rings is 1. The number of hydrogen-bond donors (Lipinski definition) is 0. The summed E-state index contributed by atoms with van der Waals surface area (Å²) in [6.07, 6.45) is 0.682. The molecule has 10 nitrogen and oxygen atoms in total. The molecule has 41 heavy (non-hydrogen) atoms. The number of fused-ring (bicyclic) bond motifs is 1. The lowest BCUT2D eigenvalue weighted by Gasteiger charge is -2.35. The zero-order valence-electron chi connectivity index (χ0n) is 21.5. The van der Waals surface area contributed by atoms with Crippen molar-refractivity contribution in [1.29, 1.82) is 5.26 Å². The van der Waals surface area contributed by atoms with E-state index in [1.54, 1.807) is 18.3 Å². The van der Waals surface area contributed by atoms with Crippen LogP contribution in [0, 0.1) is 17.1 Å². The molecule has 0 radical (unpaired) electrons. The van der Waals surface area contributed by atoms with Crippen molar-refractivity contribution in [2.75, 3.05) is 44.3 Å². The lowest BCUT2D eigenvalue weighted by atomic mass is 10.1. The van der Waals surface area contributed by atoms with Crippen molar-refractivity contribution in [3.8, 4) is 22.9 Å². The topological polar surface area (TPSA) is 109 Å². The Bertz CT molecular complexity index is 1560. The van der Waals surface area contributed by atoms with E-state index in [0.29, 0.717) is 28.8 Å². The average Bonchev–Trinajstić information content (AvgIpc) is 3.39. The Morgan fingerprint density at radius 1 is 1.02 bits per heavy atom. The van der Waals surface area contributed by atoms with Gasteiger partial charge in [-0.1, -0.05) is 0 Å². The van der Waals surface area contributed by atoms with Crippen LogP contribution in [-0.2, 0) is 16.1 Å². The monoisotopic (exact) mass is 569 g/mol. The minimum Gasteiger partial charge on any atom is -0.488 e. The predicted molar refractivity (Wildman–Crippen MR) is 137 cm³/mol. The van der Waals surface area contributed by atoms with Crippen LogP contribution < -0.4 is 9.64 Å². The van der Waals surface area contributed by atoms with Gasteiger partial charge in [0.05, 0.1) is 35.4 Å². The molecule has 0 N–H and O–H groups in total. The first-order valence-electron chi connectivity index (χ1n) is 12.5. The van der Waals surface area contributed by atoms with Gasteiger partial charge in [-0.3, -0.25) is 9.88 Å². The van der Waals surface area contributed by atoms with Crippen LogP contribution in [0.25, 0.3) is 16.6 Å². The van der Waals surface area contributed by atoms with Crippen molar-refractivity contribution in [3.63, 3.8) is 0 Å². The minimum atomic E-state index is -5.08. The molecule has 5 heterocycles. The molecule has 1 fully saturated rings. The fourth-order valence-electron chi connectivity index (χ4n) is 4.45. The Kier molecular flexibility index (Phi) is 7.97. The lowest BCUT2D eigenvalue weighted by molar-refractivity contribution is -0.200. The van der Waals surface area contributed by atoms with Gasteiger partial charge in [-0.15, -0.1) is 0 Å². The van der Waals surface area contributed by atoms with Crippen LogP contribution in [0.15, 0.2) is 55.1 Å². The van der Waals surface area contributed by atoms with E-state index in [0.717, 1.165) is 37.7 Å². The van der Waals surface area contributed by atoms with Crippen LogP contribution in [-0.4, -0.2) is 76.0 Å². The van der Waals surface area contributed by atoms with Crippen molar-refractivity contribution in [3.05, 3.63) is 72.2 Å². The highest BCUT2D eigenvalue weighted by molar-refractivity contribution is 5.85. The van der Waals surface area contributed by atoms with E-state index in [4.69, 9.17) is 4.74 Å². The Morgan fingerprint density at radius 2 is 1.83 bits per heavy atom. The van der Waals surface area contributed by atoms with Gasteiger partial charge in [0.15, 0.2) is 0 Å². The van der Waals surface area contributed by atoms with Crippen LogP contribution in [0.5, 0.6) is 5.75 Å². The van der Waals surface area contributed by atoms with Crippen molar-refractivity contribution in [2.45, 2.75) is 12.7 Å². The molecule has 14 heteroatoms. The Hall–Kier alpha value is -4.77. The number of nitrogens with zero attached hydrogens (tertiary/aromatic N) is 7. The summed E-state index contributed by atoms with van der Waals surface area (Å²) in [7, 11) is 0. The van der Waals surface area contributed by atoms with Gasteiger partial charge in [-0.25, -0.2) is 18.7 Å². The summed E-state index contributed by atoms with van der Waals surface area (Å²) in [4.78, 5) is 24.0. The zero-order chi connectivity index (χ0) is 29.0. The molecular formula is C27H23F4N7O3. The third-order valence-electron chi connectivity index (χ3n) is 6.45. The number of nitriles is 1. The molecule has 0 amide bonds. The first-order valence-corrected chi connectivity index (χ1v) is 12.5. The fourth-order valence-corrected chi connectivity index (χ4v) is 4.45. The number of hydrogen-bond acceptors (Lipinski definition) is 9. The van der Waals surface area contributed by atoms with Crippen LogP contribution in [0.1, 0.15) is 11.3 Å². The summed E-state index contributed by atoms with van der Waals surface area (Å²) >= 11 is 0. The number of carbonyl (C=O) groups is 1. The Balaban J connectivity index is 1.27. The highest BCUT2D eigenvalue weighted by Crippen LogP contribution is 2.31. The molecular weight excluding hydrogens is 546 g/mol. The van der Waals surface area contributed by atoms with Gasteiger partial charge < -0.3 is 14.4 Å². The second-order valence-corrected chi connectivity index (χ2v) is 9.17. The SMILES string of the molecule is N#Cc1cnn2cc(OCCOC(=O)C(F)(F)F)cc(-c3ccc(N4CCN(Cc5ccc(F)cn5)CC4)nc3)c12. The van der Waals surface area contributed by atoms with Gasteiger partial charge in [0.1, 0.15) is 36.7 Å². The average molecular weight is 570 g/mol. The summed E-state index contributed by atoms with van der Waals surface area (Å²) in [5.74, 6) is -1.63. The number of anilines is 1. The molecule has 0 spiro atoms. The number of alkyl halides is 3. The van der Waals surface area contributed by atoms with E-state index >= 15 is 0 Å². The number of ether oxygens (including phenoxy) is 2. The molecule has 0 saturated carbocycles. The summed E-state index contributed by atoms with van der Waals surface area (Å²) in [6.45, 7) is 2.75. The number of esters is 1. The maximum atomic E-state index is 13.1. The van der Waals surface area contributed by atoms with Crippen molar-refractivity contribution in [2.24, 2.45) is 0 Å². The van der Waals surface area contributed by atoms with Gasteiger partial charge in [0.2, 0.25) is 0 Å². The maximum absolute atomic E-state index is 13.1. The van der Waals surface area contributed by atoms with E-state index in [-0.39, 0.29) is 18.2 Å². The Morgan fingerprint density at radius 3 is 2.49 bits per heavy atom. The molecule has 1 aliphatic rings. The number of halogens is 4. The standard InChI is InChI=1S/C27H23F4N7O3/c28-20-2-3-21(33-15-20)16-36-5-7-37(8-6-36)24-4-1-18(13-34-24)23-11-22(17-38-25(23)19(12-32)14-35-38)40-9-10-41-26(39)27(29,30)31/h1-4,11,13-15,17H,5-10,16H2.